The molecule has 0 aliphatic rings. The van der Waals surface area contributed by atoms with E-state index in [1.54, 1.807) is 11.9 Å². The molecule has 50 valence electrons. The highest BCUT2D eigenvalue weighted by molar-refractivity contribution is 4.44. The van der Waals surface area contributed by atoms with Crippen LogP contribution in [0.3, 0.4) is 0 Å². The second-order valence-corrected chi connectivity index (χ2v) is 1.84. The van der Waals surface area contributed by atoms with Crippen LogP contribution in [0.5, 0.6) is 0 Å². The highest BCUT2D eigenvalue weighted by Gasteiger charge is 1.91. The molecular weight excluding hydrogens is 107 g/mol. The van der Waals surface area contributed by atoms with Crippen molar-refractivity contribution >= 4 is 0 Å². The molecule has 0 aliphatic carbocycles. The summed E-state index contributed by atoms with van der Waals surface area (Å²) in [5.41, 5.74) is 5.18. The molecule has 0 aromatic carbocycles. The number of hydrogen-bond acceptors (Lipinski definition) is 2. The first-order chi connectivity index (χ1) is 3.81. The van der Waals surface area contributed by atoms with Crippen molar-refractivity contribution in [3.8, 4) is 0 Å². The minimum absolute atomic E-state index is 0.375. The second kappa shape index (κ2) is 5.00. The standard InChI is InChI=1S/C5H13FN2/c1-8(5-6)4-2-3-7/h2-5,7H2,1H3. The van der Waals surface area contributed by atoms with Crippen molar-refractivity contribution in [3.05, 3.63) is 0 Å². The number of nitrogens with zero attached hydrogens (tertiary/aromatic N) is 1. The molecule has 0 saturated carbocycles. The van der Waals surface area contributed by atoms with E-state index in [1.807, 2.05) is 0 Å². The number of nitrogens with two attached hydrogens (primary N) is 1. The molecule has 8 heavy (non-hydrogen) atoms. The molecule has 0 bridgehead atoms. The number of rotatable bonds is 4. The number of alkyl halides is 1. The van der Waals surface area contributed by atoms with Gasteiger partial charge in [-0.2, -0.15) is 0 Å². The summed E-state index contributed by atoms with van der Waals surface area (Å²) < 4.78 is 11.6. The van der Waals surface area contributed by atoms with Crippen LogP contribution < -0.4 is 5.73 Å². The predicted molar refractivity (Wildman–Crippen MR) is 32.3 cm³/mol. The largest absolute Gasteiger partial charge is 0.330 e. The van der Waals surface area contributed by atoms with Crippen molar-refractivity contribution in [1.82, 2.24) is 4.90 Å². The molecule has 0 aromatic rings. The Bertz CT molecular complexity index is 49.7. The number of hydrogen-bond donors (Lipinski definition) is 1. The molecule has 0 aromatic heterocycles. The van der Waals surface area contributed by atoms with Gasteiger partial charge >= 0.3 is 0 Å². The third kappa shape index (κ3) is 4.02. The lowest BCUT2D eigenvalue weighted by Gasteiger charge is -2.08. The Labute approximate surface area is 49.5 Å². The smallest absolute Gasteiger partial charge is 0.142 e. The molecule has 0 rings (SSSR count). The van der Waals surface area contributed by atoms with E-state index in [0.29, 0.717) is 6.54 Å². The van der Waals surface area contributed by atoms with Gasteiger partial charge in [0.05, 0.1) is 0 Å². The van der Waals surface area contributed by atoms with Gasteiger partial charge in [-0.05, 0) is 20.0 Å². The first-order valence-electron chi connectivity index (χ1n) is 2.76. The summed E-state index contributed by atoms with van der Waals surface area (Å²) >= 11 is 0. The first-order valence-corrected chi connectivity index (χ1v) is 2.76. The Morgan fingerprint density at radius 3 is 2.62 bits per heavy atom. The van der Waals surface area contributed by atoms with Crippen LogP contribution >= 0.6 is 0 Å². The van der Waals surface area contributed by atoms with Crippen LogP contribution in [0.15, 0.2) is 0 Å². The summed E-state index contributed by atoms with van der Waals surface area (Å²) in [5, 5.41) is 0. The zero-order chi connectivity index (χ0) is 6.41. The van der Waals surface area contributed by atoms with Crippen molar-refractivity contribution in [2.75, 3.05) is 26.9 Å². The Morgan fingerprint density at radius 2 is 2.25 bits per heavy atom. The molecule has 0 saturated heterocycles. The molecule has 0 fully saturated rings. The van der Waals surface area contributed by atoms with Crippen LogP contribution in [-0.4, -0.2) is 31.8 Å². The van der Waals surface area contributed by atoms with Gasteiger partial charge in [0.1, 0.15) is 6.80 Å². The van der Waals surface area contributed by atoms with Gasteiger partial charge in [-0.1, -0.05) is 0 Å². The zero-order valence-electron chi connectivity index (χ0n) is 5.23. The quantitative estimate of drug-likeness (QED) is 0.537. The minimum atomic E-state index is -0.375. The second-order valence-electron chi connectivity index (χ2n) is 1.84. The highest BCUT2D eigenvalue weighted by atomic mass is 19.1. The Balaban J connectivity index is 2.86. The third-order valence-electron chi connectivity index (χ3n) is 0.948. The fraction of sp³-hybridized carbons (Fsp3) is 1.00. The molecule has 2 N–H and O–H groups in total. The summed E-state index contributed by atoms with van der Waals surface area (Å²) in [6, 6.07) is 0. The molecule has 0 unspecified atom stereocenters. The van der Waals surface area contributed by atoms with Crippen LogP contribution in [-0.2, 0) is 0 Å². The lowest BCUT2D eigenvalue weighted by molar-refractivity contribution is 0.224. The van der Waals surface area contributed by atoms with Crippen molar-refractivity contribution in [1.29, 1.82) is 0 Å². The van der Waals surface area contributed by atoms with E-state index in [0.717, 1.165) is 13.0 Å². The van der Waals surface area contributed by atoms with Gasteiger partial charge in [0.25, 0.3) is 0 Å². The molecule has 3 heteroatoms. The molecule has 0 heterocycles. The van der Waals surface area contributed by atoms with Crippen molar-refractivity contribution in [2.45, 2.75) is 6.42 Å². The SMILES string of the molecule is CN(CF)CCCN. The zero-order valence-corrected chi connectivity index (χ0v) is 5.23. The molecule has 0 aliphatic heterocycles. The maximum atomic E-state index is 11.6. The van der Waals surface area contributed by atoms with Crippen molar-refractivity contribution in [2.24, 2.45) is 5.73 Å². The van der Waals surface area contributed by atoms with Gasteiger partial charge < -0.3 is 5.73 Å². The molecule has 0 spiro atoms. The first kappa shape index (κ1) is 7.85. The fourth-order valence-electron chi connectivity index (χ4n) is 0.421. The highest BCUT2D eigenvalue weighted by Crippen LogP contribution is 1.83. The molecular formula is C5H13FN2. The van der Waals surface area contributed by atoms with E-state index >= 15 is 0 Å². The van der Waals surface area contributed by atoms with Gasteiger partial charge in [0.15, 0.2) is 0 Å². The van der Waals surface area contributed by atoms with E-state index in [-0.39, 0.29) is 6.80 Å². The van der Waals surface area contributed by atoms with Crippen LogP contribution in [0.4, 0.5) is 4.39 Å². The van der Waals surface area contributed by atoms with Gasteiger partial charge in [-0.15, -0.1) is 0 Å². The monoisotopic (exact) mass is 120 g/mol. The van der Waals surface area contributed by atoms with E-state index < -0.39 is 0 Å². The van der Waals surface area contributed by atoms with Gasteiger partial charge in [-0.3, -0.25) is 4.90 Å². The summed E-state index contributed by atoms with van der Waals surface area (Å²) in [7, 11) is 1.73. The number of halogens is 1. The Kier molecular flexibility index (Phi) is 4.90. The van der Waals surface area contributed by atoms with Gasteiger partial charge in [0.2, 0.25) is 0 Å². The van der Waals surface area contributed by atoms with E-state index in [9.17, 15) is 4.39 Å². The molecule has 0 radical (unpaired) electrons. The van der Waals surface area contributed by atoms with Crippen LogP contribution in [0.2, 0.25) is 0 Å². The van der Waals surface area contributed by atoms with Crippen LogP contribution in [0.1, 0.15) is 6.42 Å². The summed E-state index contributed by atoms with van der Waals surface area (Å²) in [6.45, 7) is 1.03. The Hall–Kier alpha value is -0.150. The fourth-order valence-corrected chi connectivity index (χ4v) is 0.421. The Morgan fingerprint density at radius 1 is 1.62 bits per heavy atom. The van der Waals surface area contributed by atoms with Crippen LogP contribution in [0.25, 0.3) is 0 Å². The van der Waals surface area contributed by atoms with Crippen LogP contribution in [0, 0.1) is 0 Å². The maximum absolute atomic E-state index is 11.6. The summed E-state index contributed by atoms with van der Waals surface area (Å²) in [6.07, 6.45) is 0.875. The van der Waals surface area contributed by atoms with Gasteiger partial charge in [-0.25, -0.2) is 4.39 Å². The topological polar surface area (TPSA) is 29.3 Å². The average molecular weight is 120 g/mol. The lowest BCUT2D eigenvalue weighted by atomic mass is 10.4. The molecule has 0 amide bonds. The average Bonchev–Trinajstić information content (AvgIpc) is 1.83. The molecule has 2 nitrogen and oxygen atoms in total. The summed E-state index contributed by atoms with van der Waals surface area (Å²) in [4.78, 5) is 1.59. The van der Waals surface area contributed by atoms with Crippen molar-refractivity contribution in [3.63, 3.8) is 0 Å². The van der Waals surface area contributed by atoms with Gasteiger partial charge in [0, 0.05) is 6.54 Å². The van der Waals surface area contributed by atoms with E-state index in [2.05, 4.69) is 0 Å². The summed E-state index contributed by atoms with van der Waals surface area (Å²) in [5.74, 6) is 0. The predicted octanol–water partition coefficient (Wildman–Crippen LogP) is 0.194. The van der Waals surface area contributed by atoms with Crippen molar-refractivity contribution < 1.29 is 4.39 Å². The molecule has 0 atom stereocenters. The lowest BCUT2D eigenvalue weighted by Crippen LogP contribution is -2.20. The van der Waals surface area contributed by atoms with E-state index in [4.69, 9.17) is 5.73 Å². The normalized spacial score (nSPS) is 10.5. The third-order valence-corrected chi connectivity index (χ3v) is 0.948. The minimum Gasteiger partial charge on any atom is -0.330 e. The van der Waals surface area contributed by atoms with E-state index in [1.165, 1.54) is 0 Å². The maximum Gasteiger partial charge on any atom is 0.142 e.